The van der Waals surface area contributed by atoms with Gasteiger partial charge in [0.15, 0.2) is 5.78 Å². The average Bonchev–Trinajstić information content (AvgIpc) is 2.37. The smallest absolute Gasteiger partial charge is 0.240 e. The van der Waals surface area contributed by atoms with Gasteiger partial charge in [0.2, 0.25) is 10.0 Å². The van der Waals surface area contributed by atoms with Crippen molar-refractivity contribution in [2.75, 3.05) is 6.61 Å². The van der Waals surface area contributed by atoms with E-state index in [1.54, 1.807) is 6.07 Å². The Morgan fingerprint density at radius 1 is 1.35 bits per heavy atom. The SMILES string of the molecule is CC(=O)c1cccc(S(=O)(=O)NC(CO)CC(C)C)c1. The summed E-state index contributed by atoms with van der Waals surface area (Å²) in [5.74, 6) is 0.0707. The van der Waals surface area contributed by atoms with Crippen molar-refractivity contribution in [1.29, 1.82) is 0 Å². The van der Waals surface area contributed by atoms with Gasteiger partial charge >= 0.3 is 0 Å². The van der Waals surface area contributed by atoms with Gasteiger partial charge in [-0.15, -0.1) is 0 Å². The van der Waals surface area contributed by atoms with Gasteiger partial charge in [-0.2, -0.15) is 0 Å². The molecule has 0 fully saturated rings. The minimum absolute atomic E-state index is 0.0346. The summed E-state index contributed by atoms with van der Waals surface area (Å²) in [4.78, 5) is 11.3. The largest absolute Gasteiger partial charge is 0.395 e. The molecule has 0 saturated carbocycles. The van der Waals surface area contributed by atoms with E-state index < -0.39 is 16.1 Å². The lowest BCUT2D eigenvalue weighted by molar-refractivity contribution is 0.101. The van der Waals surface area contributed by atoms with Crippen molar-refractivity contribution in [2.45, 2.75) is 38.1 Å². The maximum absolute atomic E-state index is 12.2. The number of hydrogen-bond donors (Lipinski definition) is 2. The summed E-state index contributed by atoms with van der Waals surface area (Å²) in [6.07, 6.45) is 0.544. The van der Waals surface area contributed by atoms with Crippen LogP contribution in [0.4, 0.5) is 0 Å². The highest BCUT2D eigenvalue weighted by atomic mass is 32.2. The summed E-state index contributed by atoms with van der Waals surface area (Å²) < 4.78 is 26.9. The Labute approximate surface area is 120 Å². The summed E-state index contributed by atoms with van der Waals surface area (Å²) in [5.41, 5.74) is 0.345. The number of rotatable bonds is 7. The van der Waals surface area contributed by atoms with E-state index >= 15 is 0 Å². The highest BCUT2D eigenvalue weighted by Gasteiger charge is 2.21. The highest BCUT2D eigenvalue weighted by Crippen LogP contribution is 2.14. The van der Waals surface area contributed by atoms with Gasteiger partial charge in [0.1, 0.15) is 0 Å². The number of Topliss-reactive ketones (excluding diaryl/α,β-unsaturated/α-hetero) is 1. The third kappa shape index (κ3) is 4.70. The lowest BCUT2D eigenvalue weighted by Gasteiger charge is -2.18. The summed E-state index contributed by atoms with van der Waals surface area (Å²) in [5, 5.41) is 9.25. The number of aliphatic hydroxyl groups is 1. The normalized spacial score (nSPS) is 13.4. The molecule has 1 unspecified atom stereocenters. The molecule has 0 aliphatic carbocycles. The molecule has 0 saturated heterocycles. The van der Waals surface area contributed by atoms with Crippen molar-refractivity contribution in [1.82, 2.24) is 4.72 Å². The van der Waals surface area contributed by atoms with Gasteiger partial charge in [0.25, 0.3) is 0 Å². The van der Waals surface area contributed by atoms with Crippen LogP contribution >= 0.6 is 0 Å². The minimum Gasteiger partial charge on any atom is -0.395 e. The van der Waals surface area contributed by atoms with Gasteiger partial charge in [-0.05, 0) is 31.4 Å². The Hall–Kier alpha value is -1.24. The van der Waals surface area contributed by atoms with E-state index in [1.165, 1.54) is 25.1 Å². The Kier molecular flexibility index (Phi) is 5.86. The molecular formula is C14H21NO4S. The zero-order chi connectivity index (χ0) is 15.3. The van der Waals surface area contributed by atoms with Crippen LogP contribution in [0.2, 0.25) is 0 Å². The minimum atomic E-state index is -3.74. The van der Waals surface area contributed by atoms with Gasteiger partial charge in [-0.25, -0.2) is 13.1 Å². The molecule has 1 rings (SSSR count). The zero-order valence-corrected chi connectivity index (χ0v) is 12.8. The fourth-order valence-electron chi connectivity index (χ4n) is 1.90. The Morgan fingerprint density at radius 3 is 2.50 bits per heavy atom. The van der Waals surface area contributed by atoms with Crippen molar-refractivity contribution < 1.29 is 18.3 Å². The molecule has 1 aromatic carbocycles. The topological polar surface area (TPSA) is 83.5 Å². The van der Waals surface area contributed by atoms with Gasteiger partial charge in [-0.1, -0.05) is 26.0 Å². The first-order valence-electron chi connectivity index (χ1n) is 6.50. The number of hydrogen-bond acceptors (Lipinski definition) is 4. The number of sulfonamides is 1. The number of carbonyl (C=O) groups is 1. The van der Waals surface area contributed by atoms with Crippen LogP contribution < -0.4 is 4.72 Å². The van der Waals surface area contributed by atoms with Crippen LogP contribution in [0.3, 0.4) is 0 Å². The van der Waals surface area contributed by atoms with Gasteiger partial charge in [0, 0.05) is 11.6 Å². The summed E-state index contributed by atoms with van der Waals surface area (Å²) in [6, 6.07) is 5.34. The lowest BCUT2D eigenvalue weighted by atomic mass is 10.1. The predicted octanol–water partition coefficient (Wildman–Crippen LogP) is 1.57. The van der Waals surface area contributed by atoms with E-state index in [1.807, 2.05) is 13.8 Å². The molecule has 0 aliphatic heterocycles. The van der Waals surface area contributed by atoms with Crippen LogP contribution in [-0.4, -0.2) is 32.0 Å². The van der Waals surface area contributed by atoms with Crippen molar-refractivity contribution in [3.05, 3.63) is 29.8 Å². The van der Waals surface area contributed by atoms with Gasteiger partial charge in [0.05, 0.1) is 11.5 Å². The van der Waals surface area contributed by atoms with E-state index in [9.17, 15) is 18.3 Å². The molecule has 20 heavy (non-hydrogen) atoms. The van der Waals surface area contributed by atoms with Gasteiger partial charge in [-0.3, -0.25) is 4.79 Å². The maximum Gasteiger partial charge on any atom is 0.240 e. The molecule has 1 atom stereocenters. The molecule has 0 bridgehead atoms. The highest BCUT2D eigenvalue weighted by molar-refractivity contribution is 7.89. The van der Waals surface area contributed by atoms with Crippen LogP contribution in [0.1, 0.15) is 37.6 Å². The predicted molar refractivity (Wildman–Crippen MR) is 77.1 cm³/mol. The Bertz CT molecular complexity index is 566. The third-order valence-corrected chi connectivity index (χ3v) is 4.37. The molecule has 2 N–H and O–H groups in total. The molecule has 1 aromatic rings. The molecule has 0 amide bonds. The fourth-order valence-corrected chi connectivity index (χ4v) is 3.18. The summed E-state index contributed by atoms with van der Waals surface area (Å²) >= 11 is 0. The molecule has 6 heteroatoms. The summed E-state index contributed by atoms with van der Waals surface area (Å²) in [7, 11) is -3.74. The van der Waals surface area contributed by atoms with E-state index in [2.05, 4.69) is 4.72 Å². The number of carbonyl (C=O) groups excluding carboxylic acids is 1. The first kappa shape index (κ1) is 16.8. The van der Waals surface area contributed by atoms with E-state index in [4.69, 9.17) is 0 Å². The van der Waals surface area contributed by atoms with Crippen molar-refractivity contribution >= 4 is 15.8 Å². The third-order valence-electron chi connectivity index (χ3n) is 2.85. The van der Waals surface area contributed by atoms with Crippen molar-refractivity contribution in [2.24, 2.45) is 5.92 Å². The number of ketones is 1. The average molecular weight is 299 g/mol. The van der Waals surface area contributed by atoms with Crippen LogP contribution in [0.15, 0.2) is 29.2 Å². The zero-order valence-electron chi connectivity index (χ0n) is 12.0. The fraction of sp³-hybridized carbons (Fsp3) is 0.500. The molecule has 5 nitrogen and oxygen atoms in total. The first-order chi connectivity index (χ1) is 9.26. The standard InChI is InChI=1S/C14H21NO4S/c1-10(2)7-13(9-16)15-20(18,19)14-6-4-5-12(8-14)11(3)17/h4-6,8,10,13,15-16H,7,9H2,1-3H3. The van der Waals surface area contributed by atoms with Crippen LogP contribution in [0, 0.1) is 5.92 Å². The van der Waals surface area contributed by atoms with Crippen molar-refractivity contribution in [3.63, 3.8) is 0 Å². The molecule has 112 valence electrons. The van der Waals surface area contributed by atoms with Gasteiger partial charge < -0.3 is 5.11 Å². The molecule has 0 heterocycles. The molecular weight excluding hydrogens is 278 g/mol. The van der Waals surface area contributed by atoms with Crippen LogP contribution in [0.5, 0.6) is 0 Å². The van der Waals surface area contributed by atoms with E-state index in [0.717, 1.165) is 0 Å². The lowest BCUT2D eigenvalue weighted by Crippen LogP contribution is -2.38. The number of aliphatic hydroxyl groups excluding tert-OH is 1. The number of benzene rings is 1. The van der Waals surface area contributed by atoms with E-state index in [-0.39, 0.29) is 23.2 Å². The summed E-state index contributed by atoms with van der Waals surface area (Å²) in [6.45, 7) is 5.03. The molecule has 0 radical (unpaired) electrons. The maximum atomic E-state index is 12.2. The van der Waals surface area contributed by atoms with Crippen molar-refractivity contribution in [3.8, 4) is 0 Å². The van der Waals surface area contributed by atoms with Crippen LogP contribution in [0.25, 0.3) is 0 Å². The molecule has 0 aliphatic rings. The second-order valence-electron chi connectivity index (χ2n) is 5.21. The first-order valence-corrected chi connectivity index (χ1v) is 7.98. The second kappa shape index (κ2) is 6.97. The number of nitrogens with one attached hydrogen (secondary N) is 1. The Balaban J connectivity index is 2.98. The van der Waals surface area contributed by atoms with Crippen LogP contribution in [-0.2, 0) is 10.0 Å². The molecule has 0 spiro atoms. The van der Waals surface area contributed by atoms with E-state index in [0.29, 0.717) is 12.0 Å². The molecule has 0 aromatic heterocycles. The Morgan fingerprint density at radius 2 is 2.00 bits per heavy atom. The quantitative estimate of drug-likeness (QED) is 0.749. The monoisotopic (exact) mass is 299 g/mol. The second-order valence-corrected chi connectivity index (χ2v) is 6.93.